The normalized spacial score (nSPS) is 21.0. The Bertz CT molecular complexity index is 481. The van der Waals surface area contributed by atoms with E-state index < -0.39 is 6.36 Å². The molecule has 3 nitrogen and oxygen atoms in total. The average Bonchev–Trinajstić information content (AvgIpc) is 2.69. The Hall–Kier alpha value is -1.43. The van der Waals surface area contributed by atoms with Gasteiger partial charge in [-0.1, -0.05) is 12.1 Å². The van der Waals surface area contributed by atoms with Gasteiger partial charge in [-0.2, -0.15) is 0 Å². The third kappa shape index (κ3) is 2.25. The van der Waals surface area contributed by atoms with Crippen molar-refractivity contribution < 1.29 is 22.6 Å². The summed E-state index contributed by atoms with van der Waals surface area (Å²) in [5.41, 5.74) is 1.28. The molecule has 19 heavy (non-hydrogen) atoms. The summed E-state index contributed by atoms with van der Waals surface area (Å²) in [7, 11) is 0. The molecule has 6 heteroatoms. The smallest absolute Gasteiger partial charge is 0.404 e. The molecule has 1 N–H and O–H groups in total. The Labute approximate surface area is 108 Å². The fourth-order valence-corrected chi connectivity index (χ4v) is 2.93. The quantitative estimate of drug-likeness (QED) is 0.853. The molecule has 104 valence electrons. The highest BCUT2D eigenvalue weighted by molar-refractivity contribution is 5.68. The number of alkyl halides is 3. The van der Waals surface area contributed by atoms with Crippen molar-refractivity contribution in [3.63, 3.8) is 0 Å². The SMILES string of the molecule is FC(F)(F)Oc1cccc2c1NCC21CCOCC1. The number of benzene rings is 1. The average molecular weight is 273 g/mol. The summed E-state index contributed by atoms with van der Waals surface area (Å²) in [6.45, 7) is 1.93. The van der Waals surface area contributed by atoms with Crippen molar-refractivity contribution in [3.8, 4) is 5.75 Å². The van der Waals surface area contributed by atoms with Gasteiger partial charge in [0.25, 0.3) is 0 Å². The van der Waals surface area contributed by atoms with Crippen LogP contribution in [0.5, 0.6) is 5.75 Å². The molecule has 1 aromatic rings. The maximum atomic E-state index is 12.4. The van der Waals surface area contributed by atoms with Crippen LogP contribution in [0.2, 0.25) is 0 Å². The minimum atomic E-state index is -4.66. The molecule has 0 aromatic heterocycles. The second-order valence-electron chi connectivity index (χ2n) is 4.97. The van der Waals surface area contributed by atoms with Gasteiger partial charge >= 0.3 is 6.36 Å². The van der Waals surface area contributed by atoms with Crippen molar-refractivity contribution in [1.29, 1.82) is 0 Å². The summed E-state index contributed by atoms with van der Waals surface area (Å²) >= 11 is 0. The molecule has 1 spiro atoms. The van der Waals surface area contributed by atoms with Crippen LogP contribution in [-0.2, 0) is 10.2 Å². The molecule has 3 rings (SSSR count). The molecule has 0 saturated carbocycles. The van der Waals surface area contributed by atoms with Crippen molar-refractivity contribution >= 4 is 5.69 Å². The van der Waals surface area contributed by atoms with Crippen LogP contribution < -0.4 is 10.1 Å². The van der Waals surface area contributed by atoms with E-state index in [1.807, 2.05) is 6.07 Å². The molecular formula is C13H14F3NO2. The first kappa shape index (κ1) is 12.6. The number of para-hydroxylation sites is 1. The largest absolute Gasteiger partial charge is 0.573 e. The summed E-state index contributed by atoms with van der Waals surface area (Å²) in [5.74, 6) is -0.145. The van der Waals surface area contributed by atoms with Gasteiger partial charge in [0, 0.05) is 25.2 Å². The van der Waals surface area contributed by atoms with Crippen LogP contribution in [0, 0.1) is 0 Å². The molecule has 0 bridgehead atoms. The van der Waals surface area contributed by atoms with E-state index in [1.165, 1.54) is 6.07 Å². The van der Waals surface area contributed by atoms with E-state index in [0.717, 1.165) is 18.4 Å². The van der Waals surface area contributed by atoms with E-state index in [1.54, 1.807) is 6.07 Å². The predicted octanol–water partition coefficient (Wildman–Crippen LogP) is 3.06. The number of anilines is 1. The van der Waals surface area contributed by atoms with Gasteiger partial charge in [-0.15, -0.1) is 13.2 Å². The molecule has 2 aliphatic rings. The monoisotopic (exact) mass is 273 g/mol. The van der Waals surface area contributed by atoms with Crippen LogP contribution in [0.4, 0.5) is 18.9 Å². The van der Waals surface area contributed by atoms with Crippen LogP contribution in [0.1, 0.15) is 18.4 Å². The van der Waals surface area contributed by atoms with Crippen molar-refractivity contribution in [3.05, 3.63) is 23.8 Å². The molecule has 1 saturated heterocycles. The lowest BCUT2D eigenvalue weighted by Gasteiger charge is -2.33. The highest BCUT2D eigenvalue weighted by Crippen LogP contribution is 2.47. The molecule has 0 aliphatic carbocycles. The Morgan fingerprint density at radius 1 is 1.21 bits per heavy atom. The standard InChI is InChI=1S/C13H14F3NO2/c14-13(15,16)19-10-3-1-2-9-11(10)17-8-12(9)4-6-18-7-5-12/h1-3,17H,4-8H2. The van der Waals surface area contributed by atoms with Crippen LogP contribution >= 0.6 is 0 Å². The fraction of sp³-hybridized carbons (Fsp3) is 0.538. The number of ether oxygens (including phenoxy) is 2. The Morgan fingerprint density at radius 3 is 2.63 bits per heavy atom. The molecule has 0 unspecified atom stereocenters. The molecule has 0 radical (unpaired) electrons. The van der Waals surface area contributed by atoms with Crippen molar-refractivity contribution in [1.82, 2.24) is 0 Å². The Morgan fingerprint density at radius 2 is 1.95 bits per heavy atom. The molecule has 0 atom stereocenters. The Kier molecular flexibility index (Phi) is 2.85. The van der Waals surface area contributed by atoms with Crippen LogP contribution in [-0.4, -0.2) is 26.1 Å². The van der Waals surface area contributed by atoms with Gasteiger partial charge in [-0.3, -0.25) is 0 Å². The predicted molar refractivity (Wildman–Crippen MR) is 63.3 cm³/mol. The van der Waals surface area contributed by atoms with E-state index in [0.29, 0.717) is 25.4 Å². The van der Waals surface area contributed by atoms with E-state index >= 15 is 0 Å². The second-order valence-corrected chi connectivity index (χ2v) is 4.97. The zero-order valence-corrected chi connectivity index (χ0v) is 10.2. The van der Waals surface area contributed by atoms with E-state index in [4.69, 9.17) is 4.74 Å². The lowest BCUT2D eigenvalue weighted by molar-refractivity contribution is -0.274. The summed E-state index contributed by atoms with van der Waals surface area (Å²) in [6.07, 6.45) is -3.02. The lowest BCUT2D eigenvalue weighted by atomic mass is 9.76. The first-order valence-corrected chi connectivity index (χ1v) is 6.21. The van der Waals surface area contributed by atoms with E-state index in [2.05, 4.69) is 10.1 Å². The van der Waals surface area contributed by atoms with Gasteiger partial charge in [0.1, 0.15) is 0 Å². The van der Waals surface area contributed by atoms with Crippen molar-refractivity contribution in [2.24, 2.45) is 0 Å². The molecule has 2 heterocycles. The van der Waals surface area contributed by atoms with Gasteiger partial charge in [0.2, 0.25) is 0 Å². The number of hydrogen-bond donors (Lipinski definition) is 1. The first-order valence-electron chi connectivity index (χ1n) is 6.21. The number of hydrogen-bond acceptors (Lipinski definition) is 3. The summed E-state index contributed by atoms with van der Waals surface area (Å²) in [5, 5.41) is 3.07. The maximum absolute atomic E-state index is 12.4. The highest BCUT2D eigenvalue weighted by atomic mass is 19.4. The zero-order chi connectivity index (χ0) is 13.5. The van der Waals surface area contributed by atoms with Crippen molar-refractivity contribution in [2.45, 2.75) is 24.6 Å². The summed E-state index contributed by atoms with van der Waals surface area (Å²) in [6, 6.07) is 4.84. The third-order valence-corrected chi connectivity index (χ3v) is 3.88. The first-order chi connectivity index (χ1) is 9.00. The van der Waals surface area contributed by atoms with Crippen LogP contribution in [0.15, 0.2) is 18.2 Å². The highest BCUT2D eigenvalue weighted by Gasteiger charge is 2.42. The lowest BCUT2D eigenvalue weighted by Crippen LogP contribution is -2.35. The topological polar surface area (TPSA) is 30.5 Å². The molecule has 2 aliphatic heterocycles. The van der Waals surface area contributed by atoms with Crippen molar-refractivity contribution in [2.75, 3.05) is 25.1 Å². The number of fused-ring (bicyclic) bond motifs is 2. The zero-order valence-electron chi connectivity index (χ0n) is 10.2. The van der Waals surface area contributed by atoms with Gasteiger partial charge in [-0.05, 0) is 24.5 Å². The Balaban J connectivity index is 1.96. The minimum Gasteiger partial charge on any atom is -0.404 e. The summed E-state index contributed by atoms with van der Waals surface area (Å²) < 4.78 is 46.5. The van der Waals surface area contributed by atoms with Gasteiger partial charge in [0.15, 0.2) is 5.75 Å². The van der Waals surface area contributed by atoms with Crippen LogP contribution in [0.25, 0.3) is 0 Å². The second kappa shape index (κ2) is 4.30. The maximum Gasteiger partial charge on any atom is 0.573 e. The number of rotatable bonds is 1. The van der Waals surface area contributed by atoms with Gasteiger partial charge in [0.05, 0.1) is 5.69 Å². The third-order valence-electron chi connectivity index (χ3n) is 3.88. The van der Waals surface area contributed by atoms with E-state index in [9.17, 15) is 13.2 Å². The molecule has 1 fully saturated rings. The van der Waals surface area contributed by atoms with Gasteiger partial charge in [-0.25, -0.2) is 0 Å². The fourth-order valence-electron chi connectivity index (χ4n) is 2.93. The molecule has 0 amide bonds. The molecule has 1 aromatic carbocycles. The van der Waals surface area contributed by atoms with E-state index in [-0.39, 0.29) is 11.2 Å². The number of nitrogens with one attached hydrogen (secondary N) is 1. The minimum absolute atomic E-state index is 0.113. The van der Waals surface area contributed by atoms with Crippen LogP contribution in [0.3, 0.4) is 0 Å². The summed E-state index contributed by atoms with van der Waals surface area (Å²) in [4.78, 5) is 0. The molecular weight excluding hydrogens is 259 g/mol. The van der Waals surface area contributed by atoms with Gasteiger partial charge < -0.3 is 14.8 Å². The number of halogens is 3.